The van der Waals surface area contributed by atoms with E-state index in [-0.39, 0.29) is 12.5 Å². The van der Waals surface area contributed by atoms with Crippen LogP contribution in [-0.2, 0) is 4.74 Å². The third-order valence-electron chi connectivity index (χ3n) is 3.37. The number of esters is 1. The highest BCUT2D eigenvalue weighted by Gasteiger charge is 2.24. The van der Waals surface area contributed by atoms with Gasteiger partial charge in [0.15, 0.2) is 0 Å². The minimum absolute atomic E-state index is 0.188. The second-order valence-corrected chi connectivity index (χ2v) is 4.51. The highest BCUT2D eigenvalue weighted by Crippen LogP contribution is 2.31. The molecule has 3 N–H and O–H groups in total. The van der Waals surface area contributed by atoms with Crippen molar-refractivity contribution in [3.63, 3.8) is 0 Å². The molecule has 5 nitrogen and oxygen atoms in total. The Balaban J connectivity index is 2.27. The van der Waals surface area contributed by atoms with Gasteiger partial charge in [-0.3, -0.25) is 0 Å². The Kier molecular flexibility index (Phi) is 3.72. The number of benzene rings is 1. The molecule has 0 aliphatic carbocycles. The van der Waals surface area contributed by atoms with E-state index < -0.39 is 5.97 Å². The van der Waals surface area contributed by atoms with Crippen molar-refractivity contribution in [3.05, 3.63) is 23.8 Å². The molecule has 1 aromatic rings. The average Bonchev–Trinajstić information content (AvgIpc) is 2.86. The molecular formula is C13H18N2O3. The van der Waals surface area contributed by atoms with Gasteiger partial charge in [0.25, 0.3) is 0 Å². The fourth-order valence-electron chi connectivity index (χ4n) is 2.32. The Hall–Kier alpha value is -1.75. The van der Waals surface area contributed by atoms with E-state index in [0.29, 0.717) is 11.3 Å². The minimum Gasteiger partial charge on any atom is -0.465 e. The number of carbonyl (C=O) groups is 1. The Morgan fingerprint density at radius 2 is 2.39 bits per heavy atom. The first-order valence-corrected chi connectivity index (χ1v) is 6.00. The van der Waals surface area contributed by atoms with E-state index in [0.717, 1.165) is 25.2 Å². The van der Waals surface area contributed by atoms with Gasteiger partial charge in [-0.15, -0.1) is 0 Å². The van der Waals surface area contributed by atoms with E-state index in [1.165, 1.54) is 7.11 Å². The Labute approximate surface area is 106 Å². The normalized spacial score (nSPS) is 19.0. The van der Waals surface area contributed by atoms with Gasteiger partial charge in [-0.25, -0.2) is 4.79 Å². The SMILES string of the molecule is COC(=O)c1cccc(N2CCC(CO)C2)c1N. The zero-order chi connectivity index (χ0) is 13.1. The zero-order valence-corrected chi connectivity index (χ0v) is 10.4. The number of carbonyl (C=O) groups excluding carboxylic acids is 1. The third kappa shape index (κ3) is 2.26. The molecule has 18 heavy (non-hydrogen) atoms. The van der Waals surface area contributed by atoms with Gasteiger partial charge in [0.1, 0.15) is 0 Å². The number of nitrogen functional groups attached to an aromatic ring is 1. The molecular weight excluding hydrogens is 232 g/mol. The van der Waals surface area contributed by atoms with Crippen molar-refractivity contribution in [1.29, 1.82) is 0 Å². The first kappa shape index (κ1) is 12.7. The molecule has 1 heterocycles. The van der Waals surface area contributed by atoms with Crippen molar-refractivity contribution >= 4 is 17.3 Å². The lowest BCUT2D eigenvalue weighted by molar-refractivity contribution is 0.0602. The second kappa shape index (κ2) is 5.27. The first-order valence-electron chi connectivity index (χ1n) is 6.00. The fraction of sp³-hybridized carbons (Fsp3) is 0.462. The lowest BCUT2D eigenvalue weighted by Gasteiger charge is -2.21. The minimum atomic E-state index is -0.424. The zero-order valence-electron chi connectivity index (χ0n) is 10.4. The van der Waals surface area contributed by atoms with Gasteiger partial charge >= 0.3 is 5.97 Å². The van der Waals surface area contributed by atoms with Crippen LogP contribution < -0.4 is 10.6 Å². The van der Waals surface area contributed by atoms with Crippen LogP contribution in [0.3, 0.4) is 0 Å². The molecule has 98 valence electrons. The van der Waals surface area contributed by atoms with Crippen LogP contribution in [0.5, 0.6) is 0 Å². The second-order valence-electron chi connectivity index (χ2n) is 4.51. The van der Waals surface area contributed by atoms with Gasteiger partial charge in [-0.2, -0.15) is 0 Å². The highest BCUT2D eigenvalue weighted by molar-refractivity contribution is 5.98. The molecule has 1 aromatic carbocycles. The molecule has 5 heteroatoms. The standard InChI is InChI=1S/C13H18N2O3/c1-18-13(17)10-3-2-4-11(12(10)14)15-6-5-9(7-15)8-16/h2-4,9,16H,5-8,14H2,1H3. The highest BCUT2D eigenvalue weighted by atomic mass is 16.5. The number of nitrogens with zero attached hydrogens (tertiary/aromatic N) is 1. The summed E-state index contributed by atoms with van der Waals surface area (Å²) in [4.78, 5) is 13.7. The molecule has 1 saturated heterocycles. The number of hydrogen-bond acceptors (Lipinski definition) is 5. The van der Waals surface area contributed by atoms with Crippen molar-refractivity contribution in [1.82, 2.24) is 0 Å². The fourth-order valence-corrected chi connectivity index (χ4v) is 2.32. The number of anilines is 2. The van der Waals surface area contributed by atoms with Gasteiger partial charge in [0, 0.05) is 25.6 Å². The molecule has 1 atom stereocenters. The Morgan fingerprint density at radius 3 is 3.00 bits per heavy atom. The van der Waals surface area contributed by atoms with E-state index in [9.17, 15) is 4.79 Å². The number of aliphatic hydroxyl groups excluding tert-OH is 1. The summed E-state index contributed by atoms with van der Waals surface area (Å²) in [6.45, 7) is 1.80. The maximum absolute atomic E-state index is 11.6. The van der Waals surface area contributed by atoms with Gasteiger partial charge in [-0.05, 0) is 18.6 Å². The van der Waals surface area contributed by atoms with Crippen LogP contribution in [0.15, 0.2) is 18.2 Å². The van der Waals surface area contributed by atoms with Crippen LogP contribution in [0.1, 0.15) is 16.8 Å². The van der Waals surface area contributed by atoms with E-state index >= 15 is 0 Å². The molecule has 2 rings (SSSR count). The van der Waals surface area contributed by atoms with Gasteiger partial charge < -0.3 is 20.5 Å². The van der Waals surface area contributed by atoms with Gasteiger partial charge in [0.2, 0.25) is 0 Å². The van der Waals surface area contributed by atoms with Crippen LogP contribution in [0.2, 0.25) is 0 Å². The molecule has 1 aliphatic heterocycles. The third-order valence-corrected chi connectivity index (χ3v) is 3.37. The maximum atomic E-state index is 11.6. The van der Waals surface area contributed by atoms with Crippen LogP contribution >= 0.6 is 0 Å². The van der Waals surface area contributed by atoms with Crippen molar-refractivity contribution in [2.75, 3.05) is 37.4 Å². The number of methoxy groups -OCH3 is 1. The summed E-state index contributed by atoms with van der Waals surface area (Å²) >= 11 is 0. The van der Waals surface area contributed by atoms with E-state index in [4.69, 9.17) is 15.6 Å². The quantitative estimate of drug-likeness (QED) is 0.615. The number of para-hydroxylation sites is 1. The number of aliphatic hydroxyl groups is 1. The smallest absolute Gasteiger partial charge is 0.340 e. The lowest BCUT2D eigenvalue weighted by atomic mass is 10.1. The van der Waals surface area contributed by atoms with Crippen LogP contribution in [-0.4, -0.2) is 37.9 Å². The summed E-state index contributed by atoms with van der Waals surface area (Å²) in [6, 6.07) is 5.34. The average molecular weight is 250 g/mol. The molecule has 0 amide bonds. The van der Waals surface area contributed by atoms with Crippen LogP contribution in [0, 0.1) is 5.92 Å². The van der Waals surface area contributed by atoms with Gasteiger partial charge in [-0.1, -0.05) is 6.07 Å². The topological polar surface area (TPSA) is 75.8 Å². The Bertz CT molecular complexity index is 448. The summed E-state index contributed by atoms with van der Waals surface area (Å²) in [5.41, 5.74) is 7.70. The summed E-state index contributed by atoms with van der Waals surface area (Å²) in [5, 5.41) is 9.15. The molecule has 1 unspecified atom stereocenters. The maximum Gasteiger partial charge on any atom is 0.340 e. The van der Waals surface area contributed by atoms with Crippen molar-refractivity contribution < 1.29 is 14.6 Å². The van der Waals surface area contributed by atoms with Crippen LogP contribution in [0.4, 0.5) is 11.4 Å². The Morgan fingerprint density at radius 1 is 1.61 bits per heavy atom. The predicted molar refractivity (Wildman–Crippen MR) is 69.6 cm³/mol. The van der Waals surface area contributed by atoms with E-state index in [1.807, 2.05) is 6.07 Å². The van der Waals surface area contributed by atoms with Crippen molar-refractivity contribution in [3.8, 4) is 0 Å². The molecule has 0 saturated carbocycles. The lowest BCUT2D eigenvalue weighted by Crippen LogP contribution is -2.22. The summed E-state index contributed by atoms with van der Waals surface area (Å²) in [6.07, 6.45) is 0.943. The summed E-state index contributed by atoms with van der Waals surface area (Å²) < 4.78 is 4.70. The van der Waals surface area contributed by atoms with Gasteiger partial charge in [0.05, 0.1) is 24.0 Å². The number of nitrogens with two attached hydrogens (primary N) is 1. The van der Waals surface area contributed by atoms with E-state index in [1.54, 1.807) is 12.1 Å². The van der Waals surface area contributed by atoms with Crippen LogP contribution in [0.25, 0.3) is 0 Å². The number of ether oxygens (including phenoxy) is 1. The molecule has 0 bridgehead atoms. The van der Waals surface area contributed by atoms with E-state index in [2.05, 4.69) is 4.90 Å². The number of hydrogen-bond donors (Lipinski definition) is 2. The summed E-state index contributed by atoms with van der Waals surface area (Å²) in [5.74, 6) is -0.140. The van der Waals surface area contributed by atoms with Crippen molar-refractivity contribution in [2.45, 2.75) is 6.42 Å². The molecule has 1 aliphatic rings. The predicted octanol–water partition coefficient (Wildman–Crippen LogP) is 0.874. The number of rotatable bonds is 3. The summed E-state index contributed by atoms with van der Waals surface area (Å²) in [7, 11) is 1.34. The first-order chi connectivity index (χ1) is 8.67. The molecule has 1 fully saturated rings. The largest absolute Gasteiger partial charge is 0.465 e. The monoisotopic (exact) mass is 250 g/mol. The van der Waals surface area contributed by atoms with Crippen molar-refractivity contribution in [2.24, 2.45) is 5.92 Å². The molecule has 0 radical (unpaired) electrons. The molecule has 0 aromatic heterocycles. The molecule has 0 spiro atoms.